The SMILES string of the molecule is CCNC(C)CCCCOc1ccccc1OC. The standard InChI is InChI=1S/C15H25NO2/c1-4-16-13(2)9-7-8-12-18-15-11-6-5-10-14(15)17-3/h5-6,10-11,13,16H,4,7-9,12H2,1-3H3. The van der Waals surface area contributed by atoms with Gasteiger partial charge in [0.2, 0.25) is 0 Å². The van der Waals surface area contributed by atoms with Crippen LogP contribution in [0.4, 0.5) is 0 Å². The molecule has 1 aromatic carbocycles. The molecule has 3 nitrogen and oxygen atoms in total. The Morgan fingerprint density at radius 1 is 1.17 bits per heavy atom. The molecule has 18 heavy (non-hydrogen) atoms. The van der Waals surface area contributed by atoms with Crippen LogP contribution in [0.2, 0.25) is 0 Å². The topological polar surface area (TPSA) is 30.5 Å². The predicted molar refractivity (Wildman–Crippen MR) is 75.5 cm³/mol. The van der Waals surface area contributed by atoms with Crippen molar-refractivity contribution in [1.82, 2.24) is 5.32 Å². The molecule has 3 heteroatoms. The van der Waals surface area contributed by atoms with Gasteiger partial charge in [-0.05, 0) is 44.9 Å². The summed E-state index contributed by atoms with van der Waals surface area (Å²) in [7, 11) is 1.67. The molecule has 0 spiro atoms. The van der Waals surface area contributed by atoms with E-state index < -0.39 is 0 Å². The third-order valence-electron chi connectivity index (χ3n) is 2.91. The Morgan fingerprint density at radius 2 is 1.89 bits per heavy atom. The van der Waals surface area contributed by atoms with E-state index in [2.05, 4.69) is 19.2 Å². The predicted octanol–water partition coefficient (Wildman–Crippen LogP) is 3.24. The second-order valence-electron chi connectivity index (χ2n) is 4.45. The average molecular weight is 251 g/mol. The highest BCUT2D eigenvalue weighted by Crippen LogP contribution is 2.25. The largest absolute Gasteiger partial charge is 0.493 e. The molecule has 0 fully saturated rings. The maximum absolute atomic E-state index is 5.72. The highest BCUT2D eigenvalue weighted by molar-refractivity contribution is 5.39. The van der Waals surface area contributed by atoms with Crippen molar-refractivity contribution in [2.45, 2.75) is 39.2 Å². The summed E-state index contributed by atoms with van der Waals surface area (Å²) >= 11 is 0. The summed E-state index contributed by atoms with van der Waals surface area (Å²) in [5.41, 5.74) is 0. The number of benzene rings is 1. The van der Waals surface area contributed by atoms with Gasteiger partial charge in [0.15, 0.2) is 11.5 Å². The van der Waals surface area contributed by atoms with Crippen molar-refractivity contribution in [2.75, 3.05) is 20.3 Å². The van der Waals surface area contributed by atoms with Crippen LogP contribution in [0, 0.1) is 0 Å². The third-order valence-corrected chi connectivity index (χ3v) is 2.91. The van der Waals surface area contributed by atoms with Crippen LogP contribution < -0.4 is 14.8 Å². The summed E-state index contributed by atoms with van der Waals surface area (Å²) in [6.07, 6.45) is 3.46. The van der Waals surface area contributed by atoms with Gasteiger partial charge in [-0.15, -0.1) is 0 Å². The fourth-order valence-electron chi connectivity index (χ4n) is 1.92. The van der Waals surface area contributed by atoms with Gasteiger partial charge >= 0.3 is 0 Å². The number of ether oxygens (including phenoxy) is 2. The van der Waals surface area contributed by atoms with Crippen molar-refractivity contribution in [2.24, 2.45) is 0 Å². The van der Waals surface area contributed by atoms with E-state index in [9.17, 15) is 0 Å². The molecule has 1 unspecified atom stereocenters. The molecule has 1 rings (SSSR count). The monoisotopic (exact) mass is 251 g/mol. The highest BCUT2D eigenvalue weighted by Gasteiger charge is 2.03. The van der Waals surface area contributed by atoms with Gasteiger partial charge in [0, 0.05) is 6.04 Å². The van der Waals surface area contributed by atoms with E-state index in [4.69, 9.17) is 9.47 Å². The van der Waals surface area contributed by atoms with Crippen LogP contribution in [0.25, 0.3) is 0 Å². The van der Waals surface area contributed by atoms with Crippen molar-refractivity contribution in [3.63, 3.8) is 0 Å². The number of hydrogen-bond acceptors (Lipinski definition) is 3. The maximum atomic E-state index is 5.72. The number of hydrogen-bond donors (Lipinski definition) is 1. The van der Waals surface area contributed by atoms with E-state index in [1.54, 1.807) is 7.11 Å². The van der Waals surface area contributed by atoms with Crippen molar-refractivity contribution in [1.29, 1.82) is 0 Å². The van der Waals surface area contributed by atoms with E-state index in [0.717, 1.165) is 31.1 Å². The molecule has 0 aliphatic carbocycles. The van der Waals surface area contributed by atoms with E-state index >= 15 is 0 Å². The van der Waals surface area contributed by atoms with Gasteiger partial charge in [-0.2, -0.15) is 0 Å². The van der Waals surface area contributed by atoms with Gasteiger partial charge < -0.3 is 14.8 Å². The summed E-state index contributed by atoms with van der Waals surface area (Å²) in [5.74, 6) is 1.64. The molecular weight excluding hydrogens is 226 g/mol. The van der Waals surface area contributed by atoms with E-state index in [1.165, 1.54) is 12.8 Å². The van der Waals surface area contributed by atoms with Crippen LogP contribution in [-0.4, -0.2) is 26.3 Å². The first-order chi connectivity index (χ1) is 8.77. The lowest BCUT2D eigenvalue weighted by molar-refractivity contribution is 0.283. The molecule has 1 aromatic rings. The minimum absolute atomic E-state index is 0.598. The Kier molecular flexibility index (Phi) is 7.26. The van der Waals surface area contributed by atoms with Crippen molar-refractivity contribution >= 4 is 0 Å². The normalized spacial score (nSPS) is 12.2. The number of nitrogens with one attached hydrogen (secondary N) is 1. The van der Waals surface area contributed by atoms with Crippen LogP contribution in [-0.2, 0) is 0 Å². The molecule has 1 N–H and O–H groups in total. The lowest BCUT2D eigenvalue weighted by Gasteiger charge is -2.13. The van der Waals surface area contributed by atoms with Crippen molar-refractivity contribution < 1.29 is 9.47 Å². The Morgan fingerprint density at radius 3 is 2.56 bits per heavy atom. The zero-order valence-electron chi connectivity index (χ0n) is 11.7. The summed E-state index contributed by atoms with van der Waals surface area (Å²) < 4.78 is 11.0. The Labute approximate surface area is 110 Å². The lowest BCUT2D eigenvalue weighted by atomic mass is 10.1. The van der Waals surface area contributed by atoms with Gasteiger partial charge in [-0.25, -0.2) is 0 Å². The average Bonchev–Trinajstić information content (AvgIpc) is 2.39. The summed E-state index contributed by atoms with van der Waals surface area (Å²) in [6, 6.07) is 8.37. The molecule has 0 aliphatic heterocycles. The van der Waals surface area contributed by atoms with Crippen molar-refractivity contribution in [3.05, 3.63) is 24.3 Å². The summed E-state index contributed by atoms with van der Waals surface area (Å²) in [4.78, 5) is 0. The quantitative estimate of drug-likeness (QED) is 0.683. The second kappa shape index (κ2) is 8.81. The van der Waals surface area contributed by atoms with Crippen LogP contribution in [0.15, 0.2) is 24.3 Å². The molecule has 0 aliphatic rings. The minimum atomic E-state index is 0.598. The van der Waals surface area contributed by atoms with E-state index in [-0.39, 0.29) is 0 Å². The molecule has 102 valence electrons. The molecule has 0 saturated carbocycles. The fraction of sp³-hybridized carbons (Fsp3) is 0.600. The first kappa shape index (κ1) is 14.8. The minimum Gasteiger partial charge on any atom is -0.493 e. The highest BCUT2D eigenvalue weighted by atomic mass is 16.5. The third kappa shape index (κ3) is 5.41. The van der Waals surface area contributed by atoms with E-state index in [0.29, 0.717) is 6.04 Å². The van der Waals surface area contributed by atoms with Gasteiger partial charge in [0.05, 0.1) is 13.7 Å². The summed E-state index contributed by atoms with van der Waals surface area (Å²) in [6.45, 7) is 6.16. The van der Waals surface area contributed by atoms with Crippen molar-refractivity contribution in [3.8, 4) is 11.5 Å². The molecule has 0 heterocycles. The van der Waals surface area contributed by atoms with Gasteiger partial charge in [0.1, 0.15) is 0 Å². The van der Waals surface area contributed by atoms with Gasteiger partial charge in [0.25, 0.3) is 0 Å². The Balaban J connectivity index is 2.17. The van der Waals surface area contributed by atoms with Crippen LogP contribution >= 0.6 is 0 Å². The molecular formula is C15H25NO2. The first-order valence-electron chi connectivity index (χ1n) is 6.77. The molecule has 0 aromatic heterocycles. The van der Waals surface area contributed by atoms with Gasteiger partial charge in [-0.3, -0.25) is 0 Å². The number of para-hydroxylation sites is 2. The smallest absolute Gasteiger partial charge is 0.161 e. The number of unbranched alkanes of at least 4 members (excludes halogenated alkanes) is 1. The van der Waals surface area contributed by atoms with Crippen LogP contribution in [0.5, 0.6) is 11.5 Å². The van der Waals surface area contributed by atoms with Crippen LogP contribution in [0.3, 0.4) is 0 Å². The number of rotatable bonds is 9. The first-order valence-corrected chi connectivity index (χ1v) is 6.77. The van der Waals surface area contributed by atoms with E-state index in [1.807, 2.05) is 24.3 Å². The Hall–Kier alpha value is -1.22. The zero-order chi connectivity index (χ0) is 13.2. The molecule has 0 radical (unpaired) electrons. The van der Waals surface area contributed by atoms with Crippen LogP contribution in [0.1, 0.15) is 33.1 Å². The zero-order valence-corrected chi connectivity index (χ0v) is 11.7. The molecule has 0 bridgehead atoms. The number of methoxy groups -OCH3 is 1. The lowest BCUT2D eigenvalue weighted by Crippen LogP contribution is -2.25. The van der Waals surface area contributed by atoms with Gasteiger partial charge in [-0.1, -0.05) is 19.1 Å². The maximum Gasteiger partial charge on any atom is 0.161 e. The fourth-order valence-corrected chi connectivity index (χ4v) is 1.92. The Bertz CT molecular complexity index is 328. The summed E-state index contributed by atoms with van der Waals surface area (Å²) in [5, 5.41) is 3.41. The molecule has 0 saturated heterocycles. The second-order valence-corrected chi connectivity index (χ2v) is 4.45. The molecule has 1 atom stereocenters. The molecule has 0 amide bonds.